The van der Waals surface area contributed by atoms with Gasteiger partial charge in [0.25, 0.3) is 0 Å². The molecule has 0 aliphatic carbocycles. The Morgan fingerprint density at radius 3 is 2.62 bits per heavy atom. The van der Waals surface area contributed by atoms with Gasteiger partial charge < -0.3 is 34.6 Å². The maximum absolute atomic E-state index is 12.6. The van der Waals surface area contributed by atoms with Gasteiger partial charge in [-0.2, -0.15) is 0 Å². The molecule has 0 spiro atoms. The number of epoxide rings is 1. The molecule has 222 valence electrons. The summed E-state index contributed by atoms with van der Waals surface area (Å²) in [5.41, 5.74) is -1.87. The summed E-state index contributed by atoms with van der Waals surface area (Å²) in [6.07, 6.45) is 6.23. The van der Waals surface area contributed by atoms with E-state index in [0.29, 0.717) is 18.4 Å². The SMILES string of the molecule is CC[C@H](O)[C@@H](C)[C@H]1O[C@@H]1C[C@](C)(O)/C=C/C=C(\C)[C@H]1OC(=O)C[C@@H](O)CC[C@@](C)(O)[C@@H](OC(C)=O)/C=C/[C@@H]1C. The number of carbonyl (C=O) groups excluding carboxylic acids is 2. The van der Waals surface area contributed by atoms with Crippen molar-refractivity contribution in [2.24, 2.45) is 11.8 Å². The summed E-state index contributed by atoms with van der Waals surface area (Å²) in [4.78, 5) is 24.3. The molecular formula is C30H48O9. The normalized spacial score (nSPS) is 36.6. The number of aliphatic hydroxyl groups is 4. The van der Waals surface area contributed by atoms with Gasteiger partial charge in [0, 0.05) is 25.2 Å². The van der Waals surface area contributed by atoms with Gasteiger partial charge in [-0.15, -0.1) is 0 Å². The molecule has 4 N–H and O–H groups in total. The third kappa shape index (κ3) is 10.5. The molecule has 0 aromatic carbocycles. The number of carbonyl (C=O) groups is 2. The van der Waals surface area contributed by atoms with E-state index in [9.17, 15) is 30.0 Å². The van der Waals surface area contributed by atoms with Crippen molar-refractivity contribution >= 4 is 11.9 Å². The Balaban J connectivity index is 2.18. The molecule has 2 rings (SSSR count). The molecule has 0 saturated carbocycles. The van der Waals surface area contributed by atoms with E-state index < -0.39 is 47.6 Å². The molecule has 0 aromatic heterocycles. The minimum absolute atomic E-state index is 0.00472. The molecule has 9 nitrogen and oxygen atoms in total. The van der Waals surface area contributed by atoms with Crippen molar-refractivity contribution < 1.29 is 44.2 Å². The highest BCUT2D eigenvalue weighted by atomic mass is 16.6. The number of hydrogen-bond acceptors (Lipinski definition) is 9. The van der Waals surface area contributed by atoms with E-state index in [-0.39, 0.29) is 43.3 Å². The smallest absolute Gasteiger partial charge is 0.309 e. The van der Waals surface area contributed by atoms with Gasteiger partial charge in [0.05, 0.1) is 36.4 Å². The van der Waals surface area contributed by atoms with Gasteiger partial charge in [0.2, 0.25) is 0 Å². The van der Waals surface area contributed by atoms with Crippen LogP contribution in [0.2, 0.25) is 0 Å². The van der Waals surface area contributed by atoms with Crippen LogP contribution in [0.1, 0.15) is 80.6 Å². The summed E-state index contributed by atoms with van der Waals surface area (Å²) in [6, 6.07) is 0. The van der Waals surface area contributed by atoms with Crippen molar-refractivity contribution in [3.8, 4) is 0 Å². The van der Waals surface area contributed by atoms with Gasteiger partial charge in [-0.1, -0.05) is 45.1 Å². The van der Waals surface area contributed by atoms with Crippen LogP contribution >= 0.6 is 0 Å². The van der Waals surface area contributed by atoms with Crippen molar-refractivity contribution in [1.29, 1.82) is 0 Å². The zero-order valence-corrected chi connectivity index (χ0v) is 24.4. The Hall–Kier alpha value is -2.04. The van der Waals surface area contributed by atoms with Gasteiger partial charge in [-0.3, -0.25) is 9.59 Å². The highest BCUT2D eigenvalue weighted by Gasteiger charge is 2.47. The van der Waals surface area contributed by atoms with Crippen LogP contribution in [0.3, 0.4) is 0 Å². The molecule has 10 atom stereocenters. The van der Waals surface area contributed by atoms with Crippen LogP contribution in [0.15, 0.2) is 36.0 Å². The van der Waals surface area contributed by atoms with Crippen LogP contribution in [-0.2, 0) is 23.8 Å². The van der Waals surface area contributed by atoms with Crippen molar-refractivity contribution in [2.75, 3.05) is 0 Å². The number of allylic oxidation sites excluding steroid dienone is 2. The summed E-state index contributed by atoms with van der Waals surface area (Å²) in [7, 11) is 0. The van der Waals surface area contributed by atoms with E-state index in [0.717, 1.165) is 0 Å². The lowest BCUT2D eigenvalue weighted by atomic mass is 9.88. The molecule has 39 heavy (non-hydrogen) atoms. The first kappa shape index (κ1) is 33.2. The van der Waals surface area contributed by atoms with E-state index in [2.05, 4.69) is 0 Å². The van der Waals surface area contributed by atoms with Crippen LogP contribution in [0.25, 0.3) is 0 Å². The molecule has 0 unspecified atom stereocenters. The Kier molecular flexibility index (Phi) is 11.9. The Bertz CT molecular complexity index is 919. The number of esters is 2. The topological polar surface area (TPSA) is 146 Å². The number of rotatable bonds is 9. The van der Waals surface area contributed by atoms with Gasteiger partial charge in [-0.25, -0.2) is 0 Å². The van der Waals surface area contributed by atoms with Crippen LogP contribution in [0, 0.1) is 11.8 Å². The standard InChI is InChI=1S/C30H48O9/c1-8-23(33)20(4)28-24(38-28)17-29(6,35)14-9-10-18(2)27-19(3)11-12-25(37-21(5)31)30(7,36)15-13-22(32)16-26(34)39-27/h9-12,14,19-20,22-25,27-28,32-33,35-36H,8,13,15-17H2,1-7H3/b12-11+,14-9+,18-10+/t19-,20+,22-,23-,24+,25-,27+,28+,29+,30+/m0/s1. The molecule has 1 fully saturated rings. The molecular weight excluding hydrogens is 504 g/mol. The second kappa shape index (κ2) is 14.0. The first-order chi connectivity index (χ1) is 18.1. The van der Waals surface area contributed by atoms with E-state index in [4.69, 9.17) is 14.2 Å². The summed E-state index contributed by atoms with van der Waals surface area (Å²) in [6.45, 7) is 12.0. The lowest BCUT2D eigenvalue weighted by Crippen LogP contribution is -2.42. The van der Waals surface area contributed by atoms with E-state index in [1.807, 2.05) is 20.8 Å². The quantitative estimate of drug-likeness (QED) is 0.147. The molecule has 9 heteroatoms. The number of ether oxygens (including phenoxy) is 3. The molecule has 0 amide bonds. The minimum atomic E-state index is -1.43. The highest BCUT2D eigenvalue weighted by molar-refractivity contribution is 5.70. The maximum Gasteiger partial charge on any atom is 0.309 e. The van der Waals surface area contributed by atoms with E-state index in [1.165, 1.54) is 13.8 Å². The summed E-state index contributed by atoms with van der Waals surface area (Å²) >= 11 is 0. The average Bonchev–Trinajstić information content (AvgIpc) is 3.59. The van der Waals surface area contributed by atoms with Crippen LogP contribution in [0.4, 0.5) is 0 Å². The largest absolute Gasteiger partial charge is 0.457 e. The summed E-state index contributed by atoms with van der Waals surface area (Å²) in [5, 5.41) is 42.2. The molecule has 0 bridgehead atoms. The van der Waals surface area contributed by atoms with Crippen LogP contribution < -0.4 is 0 Å². The monoisotopic (exact) mass is 552 g/mol. The summed E-state index contributed by atoms with van der Waals surface area (Å²) < 4.78 is 16.8. The van der Waals surface area contributed by atoms with E-state index in [1.54, 1.807) is 44.2 Å². The fourth-order valence-corrected chi connectivity index (χ4v) is 4.98. The highest BCUT2D eigenvalue weighted by Crippen LogP contribution is 2.37. The Morgan fingerprint density at radius 2 is 2.00 bits per heavy atom. The van der Waals surface area contributed by atoms with Gasteiger partial charge in [0.15, 0.2) is 0 Å². The van der Waals surface area contributed by atoms with Crippen LogP contribution in [0.5, 0.6) is 0 Å². The van der Waals surface area contributed by atoms with E-state index >= 15 is 0 Å². The molecule has 2 aliphatic rings. The Labute approximate surface area is 232 Å². The third-order valence-corrected chi connectivity index (χ3v) is 7.66. The molecule has 0 radical (unpaired) electrons. The fourth-order valence-electron chi connectivity index (χ4n) is 4.98. The van der Waals surface area contributed by atoms with Crippen molar-refractivity contribution in [2.45, 2.75) is 128 Å². The Morgan fingerprint density at radius 1 is 1.33 bits per heavy atom. The predicted molar refractivity (Wildman–Crippen MR) is 146 cm³/mol. The second-order valence-corrected chi connectivity index (χ2v) is 11.7. The predicted octanol–water partition coefficient (Wildman–Crippen LogP) is 3.14. The lowest BCUT2D eigenvalue weighted by Gasteiger charge is -2.32. The van der Waals surface area contributed by atoms with Crippen LogP contribution in [-0.4, -0.2) is 80.2 Å². The first-order valence-electron chi connectivity index (χ1n) is 13.9. The van der Waals surface area contributed by atoms with Crippen molar-refractivity contribution in [3.05, 3.63) is 36.0 Å². The number of aliphatic hydroxyl groups excluding tert-OH is 2. The number of cyclic esters (lactones) is 1. The first-order valence-corrected chi connectivity index (χ1v) is 13.9. The van der Waals surface area contributed by atoms with Crippen molar-refractivity contribution in [1.82, 2.24) is 0 Å². The third-order valence-electron chi connectivity index (χ3n) is 7.66. The zero-order valence-electron chi connectivity index (χ0n) is 24.4. The van der Waals surface area contributed by atoms with Gasteiger partial charge in [0.1, 0.15) is 17.8 Å². The average molecular weight is 553 g/mol. The zero-order chi connectivity index (χ0) is 29.5. The van der Waals surface area contributed by atoms with Gasteiger partial charge >= 0.3 is 11.9 Å². The fraction of sp³-hybridized carbons (Fsp3) is 0.733. The number of hydrogen-bond donors (Lipinski definition) is 4. The lowest BCUT2D eigenvalue weighted by molar-refractivity contribution is -0.157. The second-order valence-electron chi connectivity index (χ2n) is 11.7. The minimum Gasteiger partial charge on any atom is -0.457 e. The maximum atomic E-state index is 12.6. The molecule has 2 aliphatic heterocycles. The molecule has 1 saturated heterocycles. The molecule has 0 aromatic rings. The summed E-state index contributed by atoms with van der Waals surface area (Å²) in [5.74, 6) is -1.46. The molecule has 2 heterocycles. The van der Waals surface area contributed by atoms with Gasteiger partial charge in [-0.05, 0) is 51.7 Å². The van der Waals surface area contributed by atoms with Crippen molar-refractivity contribution in [3.63, 3.8) is 0 Å².